The van der Waals surface area contributed by atoms with Gasteiger partial charge in [0.2, 0.25) is 5.79 Å². The number of rotatable bonds is 0. The number of Topliss-reactive ketones (excluding diaryl/α,β-unsaturated/α-hetero) is 1. The molecule has 8 atom stereocenters. The van der Waals surface area contributed by atoms with Crippen molar-refractivity contribution in [3.63, 3.8) is 0 Å². The summed E-state index contributed by atoms with van der Waals surface area (Å²) in [6, 6.07) is 0. The van der Waals surface area contributed by atoms with Crippen molar-refractivity contribution in [3.8, 4) is 0 Å². The van der Waals surface area contributed by atoms with Crippen LogP contribution in [0.15, 0.2) is 23.3 Å². The summed E-state index contributed by atoms with van der Waals surface area (Å²) >= 11 is 0. The fraction of sp³-hybridized carbons (Fsp3) is 0.800. The van der Waals surface area contributed by atoms with Crippen molar-refractivity contribution in [2.75, 3.05) is 0 Å². The van der Waals surface area contributed by atoms with Crippen molar-refractivity contribution >= 4 is 11.8 Å². The van der Waals surface area contributed by atoms with Crippen LogP contribution in [0.25, 0.3) is 0 Å². The van der Waals surface area contributed by atoms with Crippen molar-refractivity contribution in [2.45, 2.75) is 111 Å². The first-order valence-corrected chi connectivity index (χ1v) is 13.6. The fourth-order valence-corrected chi connectivity index (χ4v) is 10.4. The number of carbonyl (C=O) groups excluding carboxylic acids is 2. The summed E-state index contributed by atoms with van der Waals surface area (Å²) < 4.78 is 12.9. The highest BCUT2D eigenvalue weighted by atomic mass is 16.7. The molecule has 0 amide bonds. The summed E-state index contributed by atoms with van der Waals surface area (Å²) in [7, 11) is 0. The predicted octanol–water partition coefficient (Wildman–Crippen LogP) is 6.54. The van der Waals surface area contributed by atoms with Crippen molar-refractivity contribution in [1.82, 2.24) is 0 Å². The van der Waals surface area contributed by atoms with Gasteiger partial charge in [-0.05, 0) is 80.1 Å². The van der Waals surface area contributed by atoms with Crippen LogP contribution in [0.5, 0.6) is 0 Å². The predicted molar refractivity (Wildman–Crippen MR) is 131 cm³/mol. The molecule has 6 aliphatic rings. The van der Waals surface area contributed by atoms with E-state index in [1.165, 1.54) is 0 Å². The lowest BCUT2D eigenvalue weighted by atomic mass is 9.40. The molecule has 8 unspecified atom stereocenters. The summed E-state index contributed by atoms with van der Waals surface area (Å²) in [6.45, 7) is 16.0. The van der Waals surface area contributed by atoms with Crippen molar-refractivity contribution < 1.29 is 19.1 Å². The summed E-state index contributed by atoms with van der Waals surface area (Å²) in [4.78, 5) is 25.2. The van der Waals surface area contributed by atoms with Gasteiger partial charge in [0.25, 0.3) is 0 Å². The van der Waals surface area contributed by atoms with E-state index in [0.717, 1.165) is 51.4 Å². The number of allylic oxidation sites excluding steroid dienone is 2. The molecule has 0 N–H and O–H groups in total. The zero-order chi connectivity index (χ0) is 24.5. The van der Waals surface area contributed by atoms with Crippen LogP contribution in [-0.2, 0) is 19.1 Å². The van der Waals surface area contributed by atoms with Crippen LogP contribution in [0.4, 0.5) is 0 Å². The third kappa shape index (κ3) is 2.40. The van der Waals surface area contributed by atoms with E-state index in [0.29, 0.717) is 29.1 Å². The molecule has 2 aliphatic heterocycles. The van der Waals surface area contributed by atoms with Gasteiger partial charge in [0.1, 0.15) is 5.78 Å². The highest BCUT2D eigenvalue weighted by molar-refractivity contribution is 5.90. The van der Waals surface area contributed by atoms with Gasteiger partial charge in [-0.2, -0.15) is 0 Å². The molecular weight excluding hydrogens is 424 g/mol. The Kier molecular flexibility index (Phi) is 4.38. The lowest BCUT2D eigenvalue weighted by Crippen LogP contribution is -2.60. The fourth-order valence-electron chi connectivity index (χ4n) is 10.4. The lowest BCUT2D eigenvalue weighted by molar-refractivity contribution is -0.243. The molecule has 0 aromatic rings. The zero-order valence-corrected chi connectivity index (χ0v) is 22.2. The first-order chi connectivity index (χ1) is 15.7. The molecule has 0 aromatic heterocycles. The SMILES string of the molecule is CC1=CC2(CC(C)C3(CCC4(C)C5=CCC6C(C)(C)C(=O)CCC6(C)C5CCC43C)O2)OC1=O. The van der Waals surface area contributed by atoms with Crippen LogP contribution in [0.2, 0.25) is 0 Å². The summed E-state index contributed by atoms with van der Waals surface area (Å²) in [6.07, 6.45) is 12.4. The van der Waals surface area contributed by atoms with Crippen LogP contribution in [0.3, 0.4) is 0 Å². The van der Waals surface area contributed by atoms with Crippen molar-refractivity contribution in [2.24, 2.45) is 39.4 Å². The van der Waals surface area contributed by atoms with Crippen LogP contribution < -0.4 is 0 Å². The van der Waals surface area contributed by atoms with Crippen LogP contribution >= 0.6 is 0 Å². The monoisotopic (exact) mass is 466 g/mol. The van der Waals surface area contributed by atoms with E-state index in [9.17, 15) is 9.59 Å². The van der Waals surface area contributed by atoms with Gasteiger partial charge in [0.15, 0.2) is 0 Å². The molecule has 4 nitrogen and oxygen atoms in total. The molecular formula is C30H42O4. The van der Waals surface area contributed by atoms with Gasteiger partial charge in [-0.15, -0.1) is 0 Å². The minimum absolute atomic E-state index is 0.00874. The Labute approximate surface area is 204 Å². The Bertz CT molecular complexity index is 1050. The summed E-state index contributed by atoms with van der Waals surface area (Å²) in [5.41, 5.74) is 2.04. The second kappa shape index (κ2) is 6.47. The maximum atomic E-state index is 12.9. The average Bonchev–Trinajstić information content (AvgIpc) is 3.28. The van der Waals surface area contributed by atoms with E-state index in [1.54, 1.807) is 5.57 Å². The molecule has 4 heteroatoms. The molecule has 0 aromatic carbocycles. The standard InChI is InChI=1S/C30H42O4/c1-18-16-29(33-24(18)32)17-19(2)30(34-29)15-14-27(6)21-8-9-22-25(3,4)23(31)11-12-26(22,5)20(21)10-13-28(27,30)7/h8,16,19-20,22H,9-15,17H2,1-7H3. The molecule has 0 radical (unpaired) electrons. The Morgan fingerprint density at radius 1 is 1.00 bits per heavy atom. The molecule has 2 spiro atoms. The first kappa shape index (κ1) is 23.0. The van der Waals surface area contributed by atoms with Crippen LogP contribution in [-0.4, -0.2) is 23.1 Å². The van der Waals surface area contributed by atoms with E-state index in [4.69, 9.17) is 9.47 Å². The van der Waals surface area contributed by atoms with E-state index >= 15 is 0 Å². The van der Waals surface area contributed by atoms with E-state index in [1.807, 2.05) is 13.0 Å². The highest BCUT2D eigenvalue weighted by Crippen LogP contribution is 2.76. The molecule has 6 rings (SSSR count). The number of hydrogen-bond acceptors (Lipinski definition) is 4. The molecule has 186 valence electrons. The van der Waals surface area contributed by atoms with Crippen LogP contribution in [0, 0.1) is 39.4 Å². The van der Waals surface area contributed by atoms with Gasteiger partial charge >= 0.3 is 5.97 Å². The Morgan fingerprint density at radius 3 is 2.41 bits per heavy atom. The van der Waals surface area contributed by atoms with Gasteiger partial charge < -0.3 is 9.47 Å². The third-order valence-corrected chi connectivity index (χ3v) is 12.5. The molecule has 1 saturated heterocycles. The quantitative estimate of drug-likeness (QED) is 0.300. The number of hydrogen-bond donors (Lipinski definition) is 0. The molecule has 34 heavy (non-hydrogen) atoms. The Balaban J connectivity index is 1.40. The number of fused-ring (bicyclic) bond motifs is 6. The summed E-state index contributed by atoms with van der Waals surface area (Å²) in [5.74, 6) is 0.633. The first-order valence-electron chi connectivity index (χ1n) is 13.6. The normalized spacial score (nSPS) is 53.3. The maximum Gasteiger partial charge on any atom is 0.336 e. The van der Waals surface area contributed by atoms with Gasteiger partial charge in [0.05, 0.1) is 5.60 Å². The number of esters is 1. The maximum absolute atomic E-state index is 12.9. The minimum atomic E-state index is -0.878. The molecule has 4 fully saturated rings. The number of ketones is 1. The van der Waals surface area contributed by atoms with E-state index in [-0.39, 0.29) is 33.2 Å². The van der Waals surface area contributed by atoms with E-state index in [2.05, 4.69) is 47.6 Å². The number of ether oxygens (including phenoxy) is 2. The third-order valence-electron chi connectivity index (χ3n) is 12.5. The average molecular weight is 467 g/mol. The number of carbonyl (C=O) groups is 2. The van der Waals surface area contributed by atoms with Crippen LogP contribution in [0.1, 0.15) is 99.8 Å². The van der Waals surface area contributed by atoms with Gasteiger partial charge in [0, 0.05) is 29.2 Å². The Hall–Kier alpha value is -1.42. The second-order valence-corrected chi connectivity index (χ2v) is 14.0. The largest absolute Gasteiger partial charge is 0.426 e. The van der Waals surface area contributed by atoms with Crippen molar-refractivity contribution in [3.05, 3.63) is 23.3 Å². The molecule has 3 saturated carbocycles. The zero-order valence-electron chi connectivity index (χ0n) is 22.2. The van der Waals surface area contributed by atoms with Gasteiger partial charge in [-0.1, -0.05) is 53.2 Å². The van der Waals surface area contributed by atoms with E-state index < -0.39 is 5.79 Å². The minimum Gasteiger partial charge on any atom is -0.426 e. The molecule has 2 heterocycles. The molecule has 4 aliphatic carbocycles. The van der Waals surface area contributed by atoms with Gasteiger partial charge in [-0.25, -0.2) is 4.79 Å². The summed E-state index contributed by atoms with van der Waals surface area (Å²) in [5, 5.41) is 0. The van der Waals surface area contributed by atoms with Gasteiger partial charge in [-0.3, -0.25) is 4.79 Å². The smallest absolute Gasteiger partial charge is 0.336 e. The Morgan fingerprint density at radius 2 is 1.74 bits per heavy atom. The topological polar surface area (TPSA) is 52.6 Å². The lowest BCUT2D eigenvalue weighted by Gasteiger charge is -2.64. The second-order valence-electron chi connectivity index (χ2n) is 14.0. The highest BCUT2D eigenvalue weighted by Gasteiger charge is 2.75. The molecule has 0 bridgehead atoms. The van der Waals surface area contributed by atoms with Crippen molar-refractivity contribution in [1.29, 1.82) is 0 Å².